The van der Waals surface area contributed by atoms with Gasteiger partial charge in [-0.2, -0.15) is 10.2 Å². The zero-order valence-electron chi connectivity index (χ0n) is 30.1. The van der Waals surface area contributed by atoms with Crippen LogP contribution in [0.5, 0.6) is 17.5 Å². The van der Waals surface area contributed by atoms with Gasteiger partial charge in [0.2, 0.25) is 11.8 Å². The van der Waals surface area contributed by atoms with E-state index >= 15 is 0 Å². The van der Waals surface area contributed by atoms with Crippen LogP contribution in [0.2, 0.25) is 10.0 Å². The first-order chi connectivity index (χ1) is 26.1. The van der Waals surface area contributed by atoms with Crippen molar-refractivity contribution >= 4 is 35.0 Å². The lowest BCUT2D eigenvalue weighted by atomic mass is 9.93. The Balaban J connectivity index is 1.19. The predicted octanol–water partition coefficient (Wildman–Crippen LogP) is 8.32. The van der Waals surface area contributed by atoms with Gasteiger partial charge in [0, 0.05) is 41.6 Å². The maximum atomic E-state index is 11.7. The number of aromatic nitrogens is 1. The number of pyridine rings is 1. The number of aliphatic carboxylic acids is 1. The van der Waals surface area contributed by atoms with Crippen molar-refractivity contribution in [3.63, 3.8) is 0 Å². The first-order valence-electron chi connectivity index (χ1n) is 18.2. The smallest absolute Gasteiger partial charge is 0.305 e. The highest BCUT2D eigenvalue weighted by atomic mass is 35.5. The number of hydrogen-bond donors (Lipinski definition) is 3. The summed E-state index contributed by atoms with van der Waals surface area (Å²) in [6.07, 6.45) is 3.50. The second-order valence-corrected chi connectivity index (χ2v) is 14.6. The first kappa shape index (κ1) is 39.0. The minimum absolute atomic E-state index is 0.0837. The zero-order chi connectivity index (χ0) is 38.2. The number of Topliss-reactive ketones (excluding diaryl/α,β-unsaturated/α-hetero) is 1. The molecule has 1 saturated carbocycles. The van der Waals surface area contributed by atoms with Gasteiger partial charge < -0.3 is 29.7 Å². The standard InChI is InChI=1S/C42H43Cl2N3O7/c1-52-41-27(5-2-6-29(48)22-39(50)51)20-36(43)42(47-41)54-37-16-15-33-32(8-4-9-34(33)37)35-10-3-7-31(40(35)44)26-12-13-28(38(21-26)53-18-17-45)24-46-23-25-11-14-30(49)19-25/h3-4,7-10,12-13,20-21,25,29,37,46,48H,2,5-6,11,14-16,18-19,22-24H2,1H3,(H,50,51)/t25-,29-,37+/m1/s1. The maximum absolute atomic E-state index is 11.7. The van der Waals surface area contributed by atoms with E-state index in [0.29, 0.717) is 78.4 Å². The lowest BCUT2D eigenvalue weighted by Gasteiger charge is -2.18. The third-order valence-corrected chi connectivity index (χ3v) is 10.8. The molecule has 1 aromatic heterocycles. The summed E-state index contributed by atoms with van der Waals surface area (Å²) in [4.78, 5) is 27.1. The number of halogens is 2. The Bertz CT molecular complexity index is 2050. The van der Waals surface area contributed by atoms with E-state index in [1.54, 1.807) is 6.07 Å². The largest absolute Gasteiger partial charge is 0.481 e. The molecular weight excluding hydrogens is 729 g/mol. The Hall–Kier alpha value is -4.66. The van der Waals surface area contributed by atoms with Crippen molar-refractivity contribution in [2.24, 2.45) is 5.92 Å². The molecule has 0 aliphatic heterocycles. The Morgan fingerprint density at radius 1 is 1.04 bits per heavy atom. The fraction of sp³-hybridized carbons (Fsp3) is 0.381. The number of methoxy groups -OCH3 is 1. The van der Waals surface area contributed by atoms with Crippen molar-refractivity contribution < 1.29 is 34.0 Å². The van der Waals surface area contributed by atoms with E-state index in [1.165, 1.54) is 7.11 Å². The summed E-state index contributed by atoms with van der Waals surface area (Å²) in [6.45, 7) is 1.22. The average molecular weight is 773 g/mol. The third kappa shape index (κ3) is 9.34. The number of benzene rings is 3. The lowest BCUT2D eigenvalue weighted by Crippen LogP contribution is -2.21. The van der Waals surface area contributed by atoms with Crippen LogP contribution >= 0.6 is 23.2 Å². The van der Waals surface area contributed by atoms with E-state index in [1.807, 2.05) is 48.5 Å². The van der Waals surface area contributed by atoms with Gasteiger partial charge in [0.25, 0.3) is 0 Å². The number of carbonyl (C=O) groups excluding carboxylic acids is 1. The SMILES string of the molecule is COc1nc(O[C@H]2CCc3c(-c4cccc(-c5ccc(CNC[C@@H]6CCC(=O)C6)c(OCC#N)c5)c4Cl)cccc32)c(Cl)cc1CCC[C@@H](O)CC(=O)O. The normalized spacial score (nSPS) is 16.8. The number of ether oxygens (including phenoxy) is 3. The van der Waals surface area contributed by atoms with Crippen molar-refractivity contribution in [1.29, 1.82) is 5.26 Å². The second kappa shape index (κ2) is 18.1. The van der Waals surface area contributed by atoms with Crippen molar-refractivity contribution in [2.75, 3.05) is 20.3 Å². The van der Waals surface area contributed by atoms with Crippen molar-refractivity contribution in [1.82, 2.24) is 10.3 Å². The van der Waals surface area contributed by atoms with Crippen LogP contribution in [0.25, 0.3) is 22.3 Å². The first-order valence-corrected chi connectivity index (χ1v) is 19.0. The van der Waals surface area contributed by atoms with Gasteiger partial charge in [-0.1, -0.05) is 71.7 Å². The van der Waals surface area contributed by atoms with E-state index < -0.39 is 12.1 Å². The minimum Gasteiger partial charge on any atom is -0.481 e. The summed E-state index contributed by atoms with van der Waals surface area (Å²) in [6, 6.07) is 21.8. The molecule has 54 heavy (non-hydrogen) atoms. The molecule has 12 heteroatoms. The van der Waals surface area contributed by atoms with Gasteiger partial charge in [-0.05, 0) is 85.4 Å². The van der Waals surface area contributed by atoms with Crippen LogP contribution in [0.3, 0.4) is 0 Å². The summed E-state index contributed by atoms with van der Waals surface area (Å²) in [5, 5.41) is 32.5. The van der Waals surface area contributed by atoms with Crippen LogP contribution in [-0.4, -0.2) is 53.3 Å². The van der Waals surface area contributed by atoms with E-state index in [2.05, 4.69) is 22.4 Å². The van der Waals surface area contributed by atoms with Gasteiger partial charge in [-0.25, -0.2) is 0 Å². The van der Waals surface area contributed by atoms with Crippen LogP contribution in [0, 0.1) is 17.2 Å². The van der Waals surface area contributed by atoms with Crippen LogP contribution < -0.4 is 19.5 Å². The highest BCUT2D eigenvalue weighted by molar-refractivity contribution is 6.36. The Morgan fingerprint density at radius 3 is 2.59 bits per heavy atom. The summed E-state index contributed by atoms with van der Waals surface area (Å²) in [5.41, 5.74) is 7.42. The second-order valence-electron chi connectivity index (χ2n) is 13.8. The molecule has 6 rings (SSSR count). The third-order valence-electron chi connectivity index (χ3n) is 10.1. The molecule has 2 aliphatic rings. The number of hydrogen-bond acceptors (Lipinski definition) is 9. The Labute approximate surface area is 325 Å². The number of aliphatic hydroxyl groups is 1. The van der Waals surface area contributed by atoms with E-state index in [4.69, 9.17) is 42.5 Å². The molecule has 0 radical (unpaired) electrons. The number of nitrogens with one attached hydrogen (secondary N) is 1. The molecule has 0 saturated heterocycles. The number of carboxylic acid groups (broad SMARTS) is 1. The quantitative estimate of drug-likeness (QED) is 0.0956. The molecule has 4 aromatic rings. The molecule has 0 spiro atoms. The number of rotatable bonds is 17. The highest BCUT2D eigenvalue weighted by Gasteiger charge is 2.29. The Kier molecular flexibility index (Phi) is 13.1. The molecule has 0 amide bonds. The zero-order valence-corrected chi connectivity index (χ0v) is 31.6. The van der Waals surface area contributed by atoms with Crippen LogP contribution in [0.1, 0.15) is 73.3 Å². The molecule has 282 valence electrons. The molecular formula is C42H43Cl2N3O7. The fourth-order valence-corrected chi connectivity index (χ4v) is 8.00. The molecule has 1 fully saturated rings. The number of aliphatic hydroxyl groups excluding tert-OH is 1. The summed E-state index contributed by atoms with van der Waals surface area (Å²) >= 11 is 13.9. The number of carbonyl (C=O) groups is 2. The highest BCUT2D eigenvalue weighted by Crippen LogP contribution is 2.45. The summed E-state index contributed by atoms with van der Waals surface area (Å²) in [5.74, 6) is 0.870. The van der Waals surface area contributed by atoms with E-state index in [0.717, 1.165) is 63.9 Å². The van der Waals surface area contributed by atoms with Crippen LogP contribution in [-0.2, 0) is 29.0 Å². The number of ketones is 1. The molecule has 0 bridgehead atoms. The van der Waals surface area contributed by atoms with Gasteiger partial charge in [-0.15, -0.1) is 0 Å². The van der Waals surface area contributed by atoms with Crippen LogP contribution in [0.15, 0.2) is 60.7 Å². The molecule has 0 unspecified atom stereocenters. The maximum Gasteiger partial charge on any atom is 0.305 e. The predicted molar refractivity (Wildman–Crippen MR) is 206 cm³/mol. The van der Waals surface area contributed by atoms with Crippen molar-refractivity contribution in [3.8, 4) is 45.8 Å². The lowest BCUT2D eigenvalue weighted by molar-refractivity contribution is -0.139. The monoisotopic (exact) mass is 771 g/mol. The molecule has 3 atom stereocenters. The average Bonchev–Trinajstić information content (AvgIpc) is 3.77. The number of carboxylic acids is 1. The van der Waals surface area contributed by atoms with Crippen molar-refractivity contribution in [2.45, 2.75) is 76.5 Å². The van der Waals surface area contributed by atoms with Gasteiger partial charge in [0.15, 0.2) is 6.61 Å². The number of fused-ring (bicyclic) bond motifs is 1. The molecule has 3 aromatic carbocycles. The Morgan fingerprint density at radius 2 is 1.83 bits per heavy atom. The van der Waals surface area contributed by atoms with Gasteiger partial charge in [-0.3, -0.25) is 9.59 Å². The minimum atomic E-state index is -1.04. The van der Waals surface area contributed by atoms with E-state index in [9.17, 15) is 20.0 Å². The molecule has 10 nitrogen and oxygen atoms in total. The fourth-order valence-electron chi connectivity index (χ4n) is 7.44. The topological polar surface area (TPSA) is 151 Å². The number of aryl methyl sites for hydroxylation is 1. The number of nitrogens with zero attached hydrogens (tertiary/aromatic N) is 2. The molecule has 3 N–H and O–H groups in total. The summed E-state index contributed by atoms with van der Waals surface area (Å²) in [7, 11) is 1.52. The van der Waals surface area contributed by atoms with Gasteiger partial charge in [0.05, 0.1) is 24.7 Å². The van der Waals surface area contributed by atoms with Crippen molar-refractivity contribution in [3.05, 3.63) is 93.0 Å². The van der Waals surface area contributed by atoms with Crippen LogP contribution in [0.4, 0.5) is 0 Å². The summed E-state index contributed by atoms with van der Waals surface area (Å²) < 4.78 is 17.9. The number of nitriles is 1. The molecule has 1 heterocycles. The molecule has 2 aliphatic carbocycles. The van der Waals surface area contributed by atoms with Gasteiger partial charge >= 0.3 is 5.97 Å². The van der Waals surface area contributed by atoms with E-state index in [-0.39, 0.29) is 25.0 Å². The van der Waals surface area contributed by atoms with Gasteiger partial charge in [0.1, 0.15) is 28.7 Å².